The Morgan fingerprint density at radius 1 is 0.904 bits per heavy atom. The molecular formula is C56H65BF2N6O7S. The van der Waals surface area contributed by atoms with E-state index in [1.165, 1.54) is 22.5 Å². The third-order valence-electron chi connectivity index (χ3n) is 17.4. The van der Waals surface area contributed by atoms with Gasteiger partial charge < -0.3 is 57.8 Å². The highest BCUT2D eigenvalue weighted by Crippen LogP contribution is 2.76. The molecule has 73 heavy (non-hydrogen) atoms. The highest BCUT2D eigenvalue weighted by Gasteiger charge is 2.81. The van der Waals surface area contributed by atoms with Crippen LogP contribution < -0.4 is 25.4 Å². The number of fused-ring (bicyclic) bond motifs is 4. The Morgan fingerprint density at radius 3 is 2.44 bits per heavy atom. The summed E-state index contributed by atoms with van der Waals surface area (Å²) in [5.41, 5.74) is 3.91. The van der Waals surface area contributed by atoms with Crippen molar-refractivity contribution in [1.82, 2.24) is 25.3 Å². The Balaban J connectivity index is 0.544. The number of aromatic nitrogens is 1. The summed E-state index contributed by atoms with van der Waals surface area (Å²) in [6, 6.07) is 18.4. The third-order valence-corrected chi connectivity index (χ3v) is 18.3. The van der Waals surface area contributed by atoms with Crippen LogP contribution in [0.5, 0.6) is 17.2 Å². The Morgan fingerprint density at radius 2 is 1.67 bits per heavy atom. The number of piperidine rings is 1. The van der Waals surface area contributed by atoms with Crippen molar-refractivity contribution in [2.75, 3.05) is 46.9 Å². The quantitative estimate of drug-likeness (QED) is 0.0485. The van der Waals surface area contributed by atoms with E-state index in [0.717, 1.165) is 103 Å². The zero-order chi connectivity index (χ0) is 50.5. The highest BCUT2D eigenvalue weighted by molar-refractivity contribution is 7.12. The molecule has 8 aliphatic rings. The van der Waals surface area contributed by atoms with E-state index in [-0.39, 0.29) is 52.9 Å². The number of likely N-dealkylation sites (N-methyl/N-ethyl adjacent to an activating group) is 1. The van der Waals surface area contributed by atoms with Gasteiger partial charge in [-0.05, 0) is 130 Å². The maximum atomic E-state index is 16.1. The van der Waals surface area contributed by atoms with Gasteiger partial charge in [0.15, 0.2) is 29.5 Å². The molecule has 17 heteroatoms. The van der Waals surface area contributed by atoms with Crippen molar-refractivity contribution in [2.45, 2.75) is 107 Å². The van der Waals surface area contributed by atoms with Crippen molar-refractivity contribution in [3.05, 3.63) is 117 Å². The number of halogens is 2. The minimum absolute atomic E-state index is 0.0274. The summed E-state index contributed by atoms with van der Waals surface area (Å²) in [7, 11) is 3.95. The third kappa shape index (κ3) is 8.33. The van der Waals surface area contributed by atoms with Crippen LogP contribution in [0.15, 0.2) is 83.9 Å². The molecule has 2 aromatic heterocycles. The molecule has 4 bridgehead atoms. The van der Waals surface area contributed by atoms with E-state index in [9.17, 15) is 19.5 Å². The number of nitrogens with zero attached hydrogens (tertiary/aromatic N) is 3. The van der Waals surface area contributed by atoms with Crippen LogP contribution >= 0.6 is 11.3 Å². The fourth-order valence-corrected chi connectivity index (χ4v) is 14.8. The Labute approximate surface area is 429 Å². The van der Waals surface area contributed by atoms with E-state index in [4.69, 9.17) is 14.2 Å². The van der Waals surface area contributed by atoms with Gasteiger partial charge in [-0.3, -0.25) is 14.4 Å². The number of ether oxygens (including phenoxy) is 3. The molecule has 6 atom stereocenters. The number of benzene rings is 2. The molecule has 2 aromatic carbocycles. The number of thiophene rings is 1. The van der Waals surface area contributed by atoms with Crippen molar-refractivity contribution in [3.8, 4) is 17.2 Å². The first kappa shape index (κ1) is 49.2. The SMILES string of the molecule is CO[C@]12CC[C@@]3(C[C@@H]1C(=O)NCCCCCCNC(=O)CCCCCNC(=O)COc1ccc(/C=C/c4ccc5n4[B-](F)(F)[N+]4=C(c6cccs6)C=CC4=C5)cc1)[C@H]1Cc4ccc(O)c5c4[C@@]3(CCN1C)[C@H]2O5. The van der Waals surface area contributed by atoms with Crippen molar-refractivity contribution in [3.63, 3.8) is 0 Å². The summed E-state index contributed by atoms with van der Waals surface area (Å²) in [5.74, 6) is 0.797. The molecule has 3 amide bonds. The smallest absolute Gasteiger partial charge is 0.504 e. The van der Waals surface area contributed by atoms with Crippen LogP contribution in [0, 0.1) is 11.3 Å². The average molecular weight is 1020 g/mol. The number of hydrogen-bond donors (Lipinski definition) is 4. The van der Waals surface area contributed by atoms with Crippen molar-refractivity contribution < 1.29 is 46.8 Å². The number of carbonyl (C=O) groups excluding carboxylic acids is 3. The standard InChI is InChI=1S/C56H65BF2N6O7S/c1-63-31-27-55-50-38-16-24-45(66)51(50)72-53(55)56(70-2)26-25-54(55,47(63)33-38)35-43(56)52(69)62-30-8-4-3-7-28-60-48(67)12-6-5-9-29-61-49(68)36-71-42-21-14-37(15-22-42)13-17-39-18-19-40-34-41-20-23-44(46-11-10-32-73-46)65(41)57(58,59)64(39)40/h10-11,13-24,32,34,43,47,53,66H,3-9,12,25-31,33,35-36H2,1-2H3,(H,60,67)(H,61,68)(H,62,69)/b17-13+/t43-,47-,53-,54-,55+,56-/m1/s1. The van der Waals surface area contributed by atoms with E-state index in [2.05, 4.69) is 34.0 Å². The lowest BCUT2D eigenvalue weighted by atomic mass is 9.35. The van der Waals surface area contributed by atoms with Gasteiger partial charge >= 0.3 is 6.97 Å². The molecule has 4 aliphatic carbocycles. The molecule has 1 saturated heterocycles. The van der Waals surface area contributed by atoms with Crippen LogP contribution in [-0.2, 0) is 31.0 Å². The molecule has 12 rings (SSSR count). The molecule has 0 radical (unpaired) electrons. The molecule has 4 N–H and O–H groups in total. The maximum Gasteiger partial charge on any atom is 0.737 e. The number of hydrogen-bond acceptors (Lipinski definition) is 9. The second-order valence-corrected chi connectivity index (χ2v) is 22.1. The number of phenols is 1. The molecule has 3 saturated carbocycles. The lowest BCUT2D eigenvalue weighted by Crippen LogP contribution is -2.81. The largest absolute Gasteiger partial charge is 0.737 e. The Kier molecular flexibility index (Phi) is 13.3. The maximum absolute atomic E-state index is 16.1. The Bertz CT molecular complexity index is 2920. The van der Waals surface area contributed by atoms with Crippen molar-refractivity contribution >= 4 is 60.0 Å². The highest BCUT2D eigenvalue weighted by atomic mass is 32.1. The normalized spacial score (nSPS) is 26.5. The van der Waals surface area contributed by atoms with Gasteiger partial charge in [0, 0.05) is 85.2 Å². The number of nitrogens with one attached hydrogen (secondary N) is 3. The van der Waals surface area contributed by atoms with Gasteiger partial charge in [0.2, 0.25) is 11.8 Å². The number of phenolic OH excluding ortho intramolecular Hbond substituents is 1. The van der Waals surface area contributed by atoms with Crippen LogP contribution in [-0.4, -0.2) is 114 Å². The minimum Gasteiger partial charge on any atom is -0.504 e. The van der Waals surface area contributed by atoms with Crippen LogP contribution in [0.3, 0.4) is 0 Å². The van der Waals surface area contributed by atoms with E-state index in [1.807, 2.05) is 29.6 Å². The lowest BCUT2D eigenvalue weighted by Gasteiger charge is -2.73. The van der Waals surface area contributed by atoms with E-state index in [1.54, 1.807) is 67.8 Å². The second kappa shape index (κ2) is 19.7. The summed E-state index contributed by atoms with van der Waals surface area (Å²) in [6.45, 7) is -1.63. The number of aromatic hydroxyl groups is 1. The zero-order valence-electron chi connectivity index (χ0n) is 41.7. The van der Waals surface area contributed by atoms with Gasteiger partial charge in [-0.2, -0.15) is 0 Å². The average Bonchev–Trinajstić information content (AvgIpc) is 4.23. The monoisotopic (exact) mass is 1010 g/mol. The summed E-state index contributed by atoms with van der Waals surface area (Å²) in [4.78, 5) is 42.4. The first-order valence-electron chi connectivity index (χ1n) is 26.2. The zero-order valence-corrected chi connectivity index (χ0v) is 42.5. The molecule has 4 fully saturated rings. The summed E-state index contributed by atoms with van der Waals surface area (Å²) >= 11 is 1.43. The first-order chi connectivity index (χ1) is 35.4. The summed E-state index contributed by atoms with van der Waals surface area (Å²) in [6.07, 6.45) is 19.1. The lowest BCUT2D eigenvalue weighted by molar-refractivity contribution is -0.360. The molecule has 4 aromatic rings. The number of allylic oxidation sites excluding steroid dienone is 2. The fraction of sp³-hybridized carbons (Fsp3) is 0.464. The topological polar surface area (TPSA) is 146 Å². The van der Waals surface area contributed by atoms with Gasteiger partial charge in [0.05, 0.1) is 10.8 Å². The number of likely N-dealkylation sites (tertiary alicyclic amines) is 1. The molecular weight excluding hydrogens is 950 g/mol. The number of rotatable bonds is 21. The first-order valence-corrected chi connectivity index (χ1v) is 27.1. The number of amides is 3. The number of unbranched alkanes of at least 4 members (excludes halogenated alkanes) is 5. The van der Waals surface area contributed by atoms with Crippen LogP contribution in [0.2, 0.25) is 0 Å². The number of carbonyl (C=O) groups is 3. The van der Waals surface area contributed by atoms with Crippen LogP contribution in [0.25, 0.3) is 18.2 Å². The van der Waals surface area contributed by atoms with E-state index < -0.39 is 12.6 Å². The molecule has 13 nitrogen and oxygen atoms in total. The predicted molar refractivity (Wildman–Crippen MR) is 279 cm³/mol. The van der Waals surface area contributed by atoms with Gasteiger partial charge in [-0.15, -0.1) is 11.3 Å². The fourth-order valence-electron chi connectivity index (χ4n) is 14.0. The molecule has 384 valence electrons. The van der Waals surface area contributed by atoms with E-state index in [0.29, 0.717) is 66.4 Å². The van der Waals surface area contributed by atoms with Gasteiger partial charge in [-0.25, -0.2) is 0 Å². The van der Waals surface area contributed by atoms with Gasteiger partial charge in [0.25, 0.3) is 5.91 Å². The van der Waals surface area contributed by atoms with Crippen molar-refractivity contribution in [1.29, 1.82) is 0 Å². The molecule has 6 heterocycles. The predicted octanol–water partition coefficient (Wildman–Crippen LogP) is 8.07. The number of methoxy groups -OCH3 is 1. The minimum atomic E-state index is -4.13. The molecule has 4 aliphatic heterocycles. The molecule has 2 spiro atoms. The van der Waals surface area contributed by atoms with Crippen LogP contribution in [0.4, 0.5) is 8.63 Å². The Hall–Kier alpha value is -6.04. The van der Waals surface area contributed by atoms with Crippen molar-refractivity contribution in [2.24, 2.45) is 11.3 Å². The van der Waals surface area contributed by atoms with Gasteiger partial charge in [0.1, 0.15) is 17.5 Å². The van der Waals surface area contributed by atoms with Crippen LogP contribution in [0.1, 0.15) is 110 Å². The second-order valence-electron chi connectivity index (χ2n) is 21.1. The summed E-state index contributed by atoms with van der Waals surface area (Å²) < 4.78 is 53.5. The van der Waals surface area contributed by atoms with Gasteiger partial charge in [-0.1, -0.05) is 49.6 Å². The summed E-state index contributed by atoms with van der Waals surface area (Å²) in [5, 5.41) is 22.1. The molecule has 0 unspecified atom stereocenters. The van der Waals surface area contributed by atoms with E-state index >= 15 is 8.63 Å².